The second-order valence-corrected chi connectivity index (χ2v) is 6.58. The van der Waals surface area contributed by atoms with Gasteiger partial charge in [-0.1, -0.05) is 21.3 Å². The average molecular weight is 348 g/mol. The minimum absolute atomic E-state index is 0. The van der Waals surface area contributed by atoms with E-state index in [2.05, 4.69) is 16.8 Å². The van der Waals surface area contributed by atoms with Crippen LogP contribution in [0.3, 0.4) is 0 Å². The van der Waals surface area contributed by atoms with E-state index in [9.17, 15) is 15.3 Å². The van der Waals surface area contributed by atoms with Crippen LogP contribution in [0.15, 0.2) is 0 Å². The van der Waals surface area contributed by atoms with Crippen molar-refractivity contribution in [2.75, 3.05) is 33.7 Å². The van der Waals surface area contributed by atoms with Crippen molar-refractivity contribution in [2.24, 2.45) is 5.92 Å². The predicted molar refractivity (Wildman–Crippen MR) is 101 cm³/mol. The molecule has 6 heteroatoms. The first-order valence-electron chi connectivity index (χ1n) is 8.41. The Bertz CT molecular complexity index is 300. The van der Waals surface area contributed by atoms with E-state index in [-0.39, 0.29) is 19.4 Å². The molecule has 0 saturated heterocycles. The fourth-order valence-electron chi connectivity index (χ4n) is 2.55. The number of aliphatic hydroxyl groups excluding tert-OH is 2. The summed E-state index contributed by atoms with van der Waals surface area (Å²) < 4.78 is 0. The van der Waals surface area contributed by atoms with Crippen molar-refractivity contribution >= 4 is 0 Å². The Morgan fingerprint density at radius 2 is 1.79 bits per heavy atom. The van der Waals surface area contributed by atoms with Gasteiger partial charge in [0.2, 0.25) is 0 Å². The maximum absolute atomic E-state index is 10.3. The number of nitrogens with one attached hydrogen (secondary N) is 1. The minimum atomic E-state index is -0.630. The summed E-state index contributed by atoms with van der Waals surface area (Å²) in [5, 5.41) is 39.3. The Labute approximate surface area is 149 Å². The van der Waals surface area contributed by atoms with Gasteiger partial charge in [0.05, 0.1) is 17.8 Å². The Kier molecular flexibility index (Phi) is 18.5. The van der Waals surface area contributed by atoms with E-state index in [1.165, 1.54) is 0 Å². The summed E-state index contributed by atoms with van der Waals surface area (Å²) in [6.07, 6.45) is 2.22. The first-order chi connectivity index (χ1) is 10.7. The molecule has 4 atom stereocenters. The number of nitriles is 1. The zero-order valence-electron chi connectivity index (χ0n) is 15.5. The third kappa shape index (κ3) is 13.7. The Balaban J connectivity index is -0.00000141. The molecule has 0 aromatic rings. The van der Waals surface area contributed by atoms with Crippen LogP contribution in [-0.4, -0.2) is 71.8 Å². The van der Waals surface area contributed by atoms with Crippen molar-refractivity contribution in [3.63, 3.8) is 0 Å². The third-order valence-electron chi connectivity index (χ3n) is 4.34. The van der Waals surface area contributed by atoms with Crippen molar-refractivity contribution in [2.45, 2.75) is 71.7 Å². The van der Waals surface area contributed by atoms with Crippen molar-refractivity contribution in [1.29, 1.82) is 5.26 Å². The number of aliphatic hydroxyl groups is 3. The summed E-state index contributed by atoms with van der Waals surface area (Å²) in [7, 11) is 3.84. The summed E-state index contributed by atoms with van der Waals surface area (Å²) >= 11 is 0. The van der Waals surface area contributed by atoms with E-state index in [0.717, 1.165) is 25.8 Å². The monoisotopic (exact) mass is 347 g/mol. The van der Waals surface area contributed by atoms with Crippen LogP contribution < -0.4 is 5.32 Å². The quantitative estimate of drug-likeness (QED) is 0.428. The molecule has 0 fully saturated rings. The lowest BCUT2D eigenvalue weighted by Crippen LogP contribution is -2.39. The van der Waals surface area contributed by atoms with Gasteiger partial charge in [-0.25, -0.2) is 5.26 Å². The van der Waals surface area contributed by atoms with Crippen molar-refractivity contribution in [1.82, 2.24) is 10.2 Å². The van der Waals surface area contributed by atoms with Crippen LogP contribution in [-0.2, 0) is 0 Å². The normalized spacial score (nSPS) is 17.0. The average Bonchev–Trinajstić information content (AvgIpc) is 2.49. The lowest BCUT2D eigenvalue weighted by molar-refractivity contribution is 0.0233. The molecule has 0 bridgehead atoms. The smallest absolute Gasteiger partial charge is 0.0769 e. The molecule has 0 aliphatic carbocycles. The SMILES string of the molecule is C.C#N.CCC(O)(CCCN(C)CC(O)CC(C)C(C)O)CNC. The molecule has 0 amide bonds. The third-order valence-corrected chi connectivity index (χ3v) is 4.34. The predicted octanol–water partition coefficient (Wildman–Crippen LogP) is 1.60. The van der Waals surface area contributed by atoms with Gasteiger partial charge in [-0.3, -0.25) is 0 Å². The van der Waals surface area contributed by atoms with Crippen molar-refractivity contribution < 1.29 is 15.3 Å². The van der Waals surface area contributed by atoms with Crippen LogP contribution in [0.5, 0.6) is 0 Å². The van der Waals surface area contributed by atoms with Crippen LogP contribution in [0.25, 0.3) is 0 Å². The minimum Gasteiger partial charge on any atom is -0.393 e. The van der Waals surface area contributed by atoms with Crippen LogP contribution in [0.2, 0.25) is 0 Å². The highest BCUT2D eigenvalue weighted by atomic mass is 16.3. The first kappa shape index (κ1) is 28.1. The van der Waals surface area contributed by atoms with E-state index >= 15 is 0 Å². The molecule has 0 aliphatic heterocycles. The lowest BCUT2D eigenvalue weighted by Gasteiger charge is -2.28. The topological polar surface area (TPSA) is 99.8 Å². The van der Waals surface area contributed by atoms with Gasteiger partial charge in [0.25, 0.3) is 0 Å². The summed E-state index contributed by atoms with van der Waals surface area (Å²) in [6, 6.07) is 0. The van der Waals surface area contributed by atoms with Crippen molar-refractivity contribution in [3.8, 4) is 6.57 Å². The number of likely N-dealkylation sites (N-methyl/N-ethyl adjacent to an activating group) is 2. The maximum Gasteiger partial charge on any atom is 0.0769 e. The molecule has 146 valence electrons. The van der Waals surface area contributed by atoms with Gasteiger partial charge in [0.1, 0.15) is 0 Å². The highest BCUT2D eigenvalue weighted by Gasteiger charge is 2.23. The second kappa shape index (κ2) is 15.8. The molecule has 0 aromatic carbocycles. The summed E-state index contributed by atoms with van der Waals surface area (Å²) in [6.45, 7) is 11.3. The number of nitrogens with zero attached hydrogens (tertiary/aromatic N) is 2. The van der Waals surface area contributed by atoms with E-state index in [4.69, 9.17) is 5.26 Å². The van der Waals surface area contributed by atoms with Gasteiger partial charge < -0.3 is 25.5 Å². The van der Waals surface area contributed by atoms with Crippen LogP contribution in [0, 0.1) is 17.8 Å². The summed E-state index contributed by atoms with van der Waals surface area (Å²) in [5.74, 6) is 0.106. The number of hydrogen-bond donors (Lipinski definition) is 4. The molecule has 4 N–H and O–H groups in total. The van der Waals surface area contributed by atoms with E-state index in [0.29, 0.717) is 19.5 Å². The fourth-order valence-corrected chi connectivity index (χ4v) is 2.55. The molecule has 24 heavy (non-hydrogen) atoms. The van der Waals surface area contributed by atoms with Gasteiger partial charge in [0, 0.05) is 19.7 Å². The Morgan fingerprint density at radius 1 is 1.25 bits per heavy atom. The molecule has 0 rings (SSSR count). The van der Waals surface area contributed by atoms with Crippen LogP contribution in [0.4, 0.5) is 0 Å². The van der Waals surface area contributed by atoms with Gasteiger partial charge in [0.15, 0.2) is 0 Å². The zero-order valence-corrected chi connectivity index (χ0v) is 15.5. The molecule has 0 radical (unpaired) electrons. The van der Waals surface area contributed by atoms with Gasteiger partial charge in [-0.05, 0) is 59.2 Å². The molecule has 0 saturated carbocycles. The van der Waals surface area contributed by atoms with Gasteiger partial charge in [-0.2, -0.15) is 0 Å². The molecule has 0 spiro atoms. The van der Waals surface area contributed by atoms with Crippen LogP contribution >= 0.6 is 0 Å². The number of rotatable bonds is 12. The van der Waals surface area contributed by atoms with E-state index in [1.807, 2.05) is 27.9 Å². The second-order valence-electron chi connectivity index (χ2n) is 6.58. The van der Waals surface area contributed by atoms with Gasteiger partial charge >= 0.3 is 0 Å². The standard InChI is InChI=1S/C16H36N2O3.CHN.CH4/c1-6-16(21,12-17-4)8-7-9-18(5)11-15(20)10-13(2)14(3)19;1-2;/h13-15,17,19-21H,6-12H2,1-5H3;1H;1H4. The molecule has 4 unspecified atom stereocenters. The highest BCUT2D eigenvalue weighted by molar-refractivity contribution is 4.79. The van der Waals surface area contributed by atoms with E-state index < -0.39 is 11.7 Å². The lowest BCUT2D eigenvalue weighted by atomic mass is 9.94. The molecular formula is C18H41N3O3. The molecular weight excluding hydrogens is 306 g/mol. The Morgan fingerprint density at radius 3 is 2.21 bits per heavy atom. The molecule has 0 aromatic heterocycles. The summed E-state index contributed by atoms with van der Waals surface area (Å²) in [4.78, 5) is 2.09. The largest absolute Gasteiger partial charge is 0.393 e. The van der Waals surface area contributed by atoms with E-state index in [1.54, 1.807) is 6.92 Å². The Hall–Kier alpha value is -0.710. The molecule has 6 nitrogen and oxygen atoms in total. The first-order valence-corrected chi connectivity index (χ1v) is 8.41. The molecule has 0 heterocycles. The number of hydrogen-bond acceptors (Lipinski definition) is 6. The van der Waals surface area contributed by atoms with Crippen LogP contribution in [0.1, 0.15) is 53.9 Å². The zero-order chi connectivity index (χ0) is 18.5. The molecule has 0 aliphatic rings. The summed E-state index contributed by atoms with van der Waals surface area (Å²) in [5.41, 5.74) is -0.630. The highest BCUT2D eigenvalue weighted by Crippen LogP contribution is 2.17. The maximum atomic E-state index is 10.3. The van der Waals surface area contributed by atoms with Crippen molar-refractivity contribution in [3.05, 3.63) is 0 Å². The fraction of sp³-hybridized carbons (Fsp3) is 0.944. The van der Waals surface area contributed by atoms with Gasteiger partial charge in [-0.15, -0.1) is 0 Å².